The van der Waals surface area contributed by atoms with Crippen LogP contribution in [0.5, 0.6) is 0 Å². The van der Waals surface area contributed by atoms with Gasteiger partial charge in [0.2, 0.25) is 0 Å². The fraction of sp³-hybridized carbons (Fsp3) is 0.647. The van der Waals surface area contributed by atoms with Gasteiger partial charge in [-0.05, 0) is 49.1 Å². The van der Waals surface area contributed by atoms with Crippen molar-refractivity contribution < 1.29 is 4.39 Å². The fourth-order valence-electron chi connectivity index (χ4n) is 3.39. The van der Waals surface area contributed by atoms with Crippen molar-refractivity contribution in [3.8, 4) is 0 Å². The molecule has 1 aromatic rings. The first kappa shape index (κ1) is 16.6. The van der Waals surface area contributed by atoms with Crippen molar-refractivity contribution in [2.45, 2.75) is 64.2 Å². The number of unbranched alkanes of at least 4 members (excludes halogenated alkanes) is 2. The molecule has 0 heterocycles. The largest absolute Gasteiger partial charge is 0.542 e. The highest BCUT2D eigenvalue weighted by molar-refractivity contribution is 7.01. The smallest absolute Gasteiger partial charge is 0.335 e. The third-order valence-electron chi connectivity index (χ3n) is 4.76. The minimum absolute atomic E-state index is 0.0748. The van der Waals surface area contributed by atoms with Gasteiger partial charge in [0.1, 0.15) is 0 Å². The summed E-state index contributed by atoms with van der Waals surface area (Å²) in [6, 6.07) is 5.76. The maximum Gasteiger partial charge on any atom is 0.542 e. The predicted octanol–water partition coefficient (Wildman–Crippen LogP) is 5.16. The van der Waals surface area contributed by atoms with Gasteiger partial charge in [-0.3, -0.25) is 0 Å². The van der Waals surface area contributed by atoms with Gasteiger partial charge < -0.3 is 9.07 Å². The predicted molar refractivity (Wildman–Crippen MR) is 86.5 cm³/mol. The molecule has 1 saturated carbocycles. The van der Waals surface area contributed by atoms with E-state index in [-0.39, 0.29) is 5.82 Å². The second kappa shape index (κ2) is 8.60. The normalized spacial score (nSPS) is 22.6. The van der Waals surface area contributed by atoms with Crippen LogP contribution in [0.1, 0.15) is 69.8 Å². The van der Waals surface area contributed by atoms with Gasteiger partial charge in [0, 0.05) is 0 Å². The molecule has 1 aliphatic carbocycles. The van der Waals surface area contributed by atoms with Crippen LogP contribution in [0.4, 0.5) is 4.39 Å². The van der Waals surface area contributed by atoms with Crippen molar-refractivity contribution in [3.63, 3.8) is 0 Å². The van der Waals surface area contributed by atoms with E-state index in [4.69, 9.17) is 9.07 Å². The number of benzene rings is 1. The van der Waals surface area contributed by atoms with E-state index >= 15 is 0 Å². The number of hydrogen-bond donors (Lipinski definition) is 0. The van der Waals surface area contributed by atoms with Gasteiger partial charge in [0.25, 0.3) is 0 Å². The SMILES string of the molecule is CCCCCC1CCC(c2cc[c]([Mg][Cl])c(F)c2)CC1. The van der Waals surface area contributed by atoms with E-state index in [1.165, 1.54) is 56.9 Å². The highest BCUT2D eigenvalue weighted by atomic mass is 35.5. The lowest BCUT2D eigenvalue weighted by atomic mass is 9.77. The van der Waals surface area contributed by atoms with Gasteiger partial charge in [-0.2, -0.15) is 0 Å². The average Bonchev–Trinajstić information content (AvgIpc) is 2.48. The second-order valence-electron chi connectivity index (χ2n) is 6.20. The summed E-state index contributed by atoms with van der Waals surface area (Å²) in [7, 11) is 5.85. The molecule has 0 unspecified atom stereocenters. The van der Waals surface area contributed by atoms with Crippen molar-refractivity contribution in [3.05, 3.63) is 29.6 Å². The molecule has 1 aromatic carbocycles. The van der Waals surface area contributed by atoms with Crippen LogP contribution in [0.25, 0.3) is 0 Å². The summed E-state index contributed by atoms with van der Waals surface area (Å²) in [6.45, 7) is 2.26. The molecule has 0 atom stereocenters. The Morgan fingerprint density at radius 3 is 2.55 bits per heavy atom. The molecule has 0 nitrogen and oxygen atoms in total. The van der Waals surface area contributed by atoms with E-state index in [1.807, 2.05) is 6.07 Å². The molecule has 0 N–H and O–H groups in total. The van der Waals surface area contributed by atoms with Gasteiger partial charge in [-0.15, -0.1) is 3.69 Å². The highest BCUT2D eigenvalue weighted by Crippen LogP contribution is 2.37. The van der Waals surface area contributed by atoms with E-state index in [2.05, 4.69) is 13.0 Å². The van der Waals surface area contributed by atoms with E-state index in [1.54, 1.807) is 6.07 Å². The molecule has 0 radical (unpaired) electrons. The van der Waals surface area contributed by atoms with E-state index in [0.29, 0.717) is 5.92 Å². The van der Waals surface area contributed by atoms with Gasteiger partial charge in [0.15, 0.2) is 0 Å². The first-order valence-corrected chi connectivity index (χ1v) is 10.9. The van der Waals surface area contributed by atoms with Crippen molar-refractivity contribution in [1.82, 2.24) is 0 Å². The monoisotopic (exact) mass is 306 g/mol. The topological polar surface area (TPSA) is 0 Å². The molecule has 108 valence electrons. The van der Waals surface area contributed by atoms with Crippen molar-refractivity contribution in [2.75, 3.05) is 0 Å². The van der Waals surface area contributed by atoms with Gasteiger partial charge in [-0.1, -0.05) is 44.7 Å². The Kier molecular flexibility index (Phi) is 7.13. The Bertz CT molecular complexity index is 413. The molecule has 0 aliphatic heterocycles. The summed E-state index contributed by atoms with van der Waals surface area (Å²) in [5.74, 6) is 1.41. The van der Waals surface area contributed by atoms with Crippen LogP contribution in [0, 0.1) is 11.7 Å². The van der Waals surface area contributed by atoms with Gasteiger partial charge in [0.05, 0.1) is 5.82 Å². The maximum atomic E-state index is 13.8. The zero-order valence-corrected chi connectivity index (χ0v) is 14.7. The lowest BCUT2D eigenvalue weighted by Crippen LogP contribution is -2.17. The first-order valence-electron chi connectivity index (χ1n) is 8.08. The van der Waals surface area contributed by atoms with Crippen LogP contribution in [0.2, 0.25) is 0 Å². The third-order valence-corrected chi connectivity index (χ3v) is 6.48. The Morgan fingerprint density at radius 2 is 1.95 bits per heavy atom. The Morgan fingerprint density at radius 1 is 1.20 bits per heavy atom. The second-order valence-corrected chi connectivity index (χ2v) is 8.03. The molecule has 1 aliphatic rings. The first-order chi connectivity index (χ1) is 9.74. The molecule has 0 bridgehead atoms. The number of halogens is 2. The standard InChI is InChI=1S/C17H24F.ClH.Mg/c1-2-3-4-6-14-9-11-15(12-10-14)16-7-5-8-17(18)13-16;;/h5,7,13-15H,2-4,6,9-12H2,1H3;1H;/q;;+1/p-1. The molecular formula is C17H24ClFMg. The number of hydrogen-bond acceptors (Lipinski definition) is 0. The summed E-state index contributed by atoms with van der Waals surface area (Å²) < 4.78 is 14.6. The van der Waals surface area contributed by atoms with E-state index in [0.717, 1.165) is 9.61 Å². The van der Waals surface area contributed by atoms with Crippen LogP contribution >= 0.6 is 9.07 Å². The highest BCUT2D eigenvalue weighted by Gasteiger charge is 2.22. The lowest BCUT2D eigenvalue weighted by Gasteiger charge is -2.29. The molecule has 3 heteroatoms. The fourth-order valence-corrected chi connectivity index (χ4v) is 4.48. The van der Waals surface area contributed by atoms with Crippen molar-refractivity contribution >= 4 is 32.0 Å². The van der Waals surface area contributed by atoms with Crippen LogP contribution in [-0.2, 0) is 0 Å². The molecule has 0 saturated heterocycles. The summed E-state index contributed by atoms with van der Waals surface area (Å²) in [6.07, 6.45) is 10.6. The Labute approximate surface area is 136 Å². The Hall–Kier alpha value is 0.206. The minimum atomic E-state index is -0.905. The molecule has 0 spiro atoms. The summed E-state index contributed by atoms with van der Waals surface area (Å²) in [4.78, 5) is 0. The number of rotatable bonds is 6. The Balaban J connectivity index is 1.85. The zero-order valence-electron chi connectivity index (χ0n) is 12.5. The zero-order chi connectivity index (χ0) is 14.4. The molecule has 0 amide bonds. The summed E-state index contributed by atoms with van der Waals surface area (Å²) in [5.41, 5.74) is 1.19. The lowest BCUT2D eigenvalue weighted by molar-refractivity contribution is 0.302. The van der Waals surface area contributed by atoms with Crippen LogP contribution in [0.15, 0.2) is 18.2 Å². The maximum absolute atomic E-state index is 13.8. The quantitative estimate of drug-likeness (QED) is 0.503. The molecule has 0 aromatic heterocycles. The molecule has 1 fully saturated rings. The third kappa shape index (κ3) is 4.61. The van der Waals surface area contributed by atoms with Crippen molar-refractivity contribution in [1.29, 1.82) is 0 Å². The van der Waals surface area contributed by atoms with Crippen LogP contribution < -0.4 is 3.69 Å². The van der Waals surface area contributed by atoms with Crippen molar-refractivity contribution in [2.24, 2.45) is 5.92 Å². The van der Waals surface area contributed by atoms with Gasteiger partial charge in [-0.25, -0.2) is 4.39 Å². The molecular weight excluding hydrogens is 283 g/mol. The summed E-state index contributed by atoms with van der Waals surface area (Å²) >= 11 is -0.905. The van der Waals surface area contributed by atoms with Crippen LogP contribution in [-0.4, -0.2) is 19.3 Å². The molecule has 2 rings (SSSR count). The van der Waals surface area contributed by atoms with E-state index in [9.17, 15) is 4.39 Å². The van der Waals surface area contributed by atoms with Crippen LogP contribution in [0.3, 0.4) is 0 Å². The molecule has 20 heavy (non-hydrogen) atoms. The summed E-state index contributed by atoms with van der Waals surface area (Å²) in [5, 5.41) is 0. The minimum Gasteiger partial charge on any atom is -0.335 e. The van der Waals surface area contributed by atoms with Gasteiger partial charge >= 0.3 is 19.3 Å². The van der Waals surface area contributed by atoms with E-state index < -0.39 is 19.3 Å². The average molecular weight is 307 g/mol.